The average Bonchev–Trinajstić information content (AvgIpc) is 2.97. The van der Waals surface area contributed by atoms with Crippen LogP contribution >= 0.6 is 11.3 Å². The Labute approximate surface area is 114 Å². The number of aryl methyl sites for hydroxylation is 1. The van der Waals surface area contributed by atoms with Gasteiger partial charge in [-0.25, -0.2) is 4.98 Å². The number of benzene rings is 1. The fourth-order valence-corrected chi connectivity index (χ4v) is 2.67. The van der Waals surface area contributed by atoms with Crippen molar-refractivity contribution in [1.29, 1.82) is 0 Å². The molecule has 0 aliphatic carbocycles. The highest BCUT2D eigenvalue weighted by Gasteiger charge is 2.07. The summed E-state index contributed by atoms with van der Waals surface area (Å²) in [4.78, 5) is 19.3. The first kappa shape index (κ1) is 11.9. The maximum atomic E-state index is 11.9. The molecular weight excluding hydrogens is 258 g/mol. The van der Waals surface area contributed by atoms with Crippen LogP contribution in [0.3, 0.4) is 0 Å². The molecule has 0 saturated carbocycles. The summed E-state index contributed by atoms with van der Waals surface area (Å²) in [5.74, 6) is -0.0414. The number of hydrogen-bond donors (Lipinski definition) is 2. The smallest absolute Gasteiger partial charge is 0.230 e. The summed E-state index contributed by atoms with van der Waals surface area (Å²) in [7, 11) is 0. The lowest BCUT2D eigenvalue weighted by atomic mass is 10.1. The number of carbonyl (C=O) groups is 1. The van der Waals surface area contributed by atoms with E-state index in [-0.39, 0.29) is 5.91 Å². The van der Waals surface area contributed by atoms with Crippen LogP contribution in [0.2, 0.25) is 0 Å². The normalized spacial score (nSPS) is 10.8. The number of nitrogens with zero attached hydrogens (tertiary/aromatic N) is 1. The zero-order valence-electron chi connectivity index (χ0n) is 10.4. The monoisotopic (exact) mass is 271 g/mol. The van der Waals surface area contributed by atoms with Crippen LogP contribution in [0.25, 0.3) is 10.9 Å². The van der Waals surface area contributed by atoms with Crippen molar-refractivity contribution < 1.29 is 4.79 Å². The summed E-state index contributed by atoms with van der Waals surface area (Å²) in [5, 5.41) is 6.54. The zero-order valence-corrected chi connectivity index (χ0v) is 11.3. The van der Waals surface area contributed by atoms with E-state index in [1.54, 1.807) is 0 Å². The lowest BCUT2D eigenvalue weighted by Crippen LogP contribution is -2.14. The van der Waals surface area contributed by atoms with Gasteiger partial charge in [-0.15, -0.1) is 11.3 Å². The second-order valence-corrected chi connectivity index (χ2v) is 5.28. The van der Waals surface area contributed by atoms with E-state index >= 15 is 0 Å². The summed E-state index contributed by atoms with van der Waals surface area (Å²) in [5.41, 5.74) is 2.96. The summed E-state index contributed by atoms with van der Waals surface area (Å²) < 4.78 is 0. The Morgan fingerprint density at radius 3 is 3.11 bits per heavy atom. The Hall–Kier alpha value is -2.14. The first-order valence-corrected chi connectivity index (χ1v) is 6.87. The third-order valence-electron chi connectivity index (χ3n) is 2.85. The molecule has 2 aromatic heterocycles. The minimum Gasteiger partial charge on any atom is -0.361 e. The van der Waals surface area contributed by atoms with Crippen molar-refractivity contribution >= 4 is 33.3 Å². The van der Waals surface area contributed by atoms with Gasteiger partial charge in [0.2, 0.25) is 5.91 Å². The number of aromatic nitrogens is 2. The number of amides is 1. The molecule has 1 aromatic carbocycles. The van der Waals surface area contributed by atoms with Crippen molar-refractivity contribution in [2.75, 3.05) is 5.32 Å². The van der Waals surface area contributed by atoms with Crippen LogP contribution in [0.1, 0.15) is 11.3 Å². The predicted molar refractivity (Wildman–Crippen MR) is 77.5 cm³/mol. The van der Waals surface area contributed by atoms with E-state index in [1.807, 2.05) is 42.8 Å². The van der Waals surface area contributed by atoms with Gasteiger partial charge in [0.25, 0.3) is 0 Å². The second-order valence-electron chi connectivity index (χ2n) is 4.42. The van der Waals surface area contributed by atoms with Crippen molar-refractivity contribution in [3.63, 3.8) is 0 Å². The number of thiazole rings is 1. The third kappa shape index (κ3) is 2.66. The molecule has 2 heterocycles. The maximum Gasteiger partial charge on any atom is 0.230 e. The van der Waals surface area contributed by atoms with Crippen molar-refractivity contribution in [3.8, 4) is 0 Å². The topological polar surface area (TPSA) is 57.8 Å². The Bertz CT molecular complexity index is 729. The SMILES string of the molecule is Cc1csc(NC(=O)Cc2ccc3cc[nH]c3c2)n1. The first-order valence-electron chi connectivity index (χ1n) is 5.99. The quantitative estimate of drug-likeness (QED) is 0.769. The van der Waals surface area contributed by atoms with Crippen LogP contribution in [0.4, 0.5) is 5.13 Å². The number of fused-ring (bicyclic) bond motifs is 1. The van der Waals surface area contributed by atoms with Gasteiger partial charge in [-0.2, -0.15) is 0 Å². The summed E-state index contributed by atoms with van der Waals surface area (Å²) in [6.07, 6.45) is 2.25. The minimum absolute atomic E-state index is 0.0414. The molecule has 0 unspecified atom stereocenters. The second kappa shape index (κ2) is 4.85. The van der Waals surface area contributed by atoms with E-state index in [0.717, 1.165) is 22.2 Å². The molecule has 2 N–H and O–H groups in total. The highest BCUT2D eigenvalue weighted by Crippen LogP contribution is 2.17. The first-order chi connectivity index (χ1) is 9.20. The molecule has 0 atom stereocenters. The number of anilines is 1. The highest BCUT2D eigenvalue weighted by molar-refractivity contribution is 7.13. The fourth-order valence-electron chi connectivity index (χ4n) is 1.97. The molecular formula is C14H13N3OS. The Morgan fingerprint density at radius 2 is 2.32 bits per heavy atom. The van der Waals surface area contributed by atoms with Crippen LogP contribution in [-0.2, 0) is 11.2 Å². The van der Waals surface area contributed by atoms with Crippen molar-refractivity contribution in [2.24, 2.45) is 0 Å². The Morgan fingerprint density at radius 1 is 1.42 bits per heavy atom. The van der Waals surface area contributed by atoms with Crippen molar-refractivity contribution in [3.05, 3.63) is 47.1 Å². The lowest BCUT2D eigenvalue weighted by molar-refractivity contribution is -0.115. The van der Waals surface area contributed by atoms with Gasteiger partial charge in [0.15, 0.2) is 5.13 Å². The molecule has 96 valence electrons. The number of carbonyl (C=O) groups excluding carboxylic acids is 1. The van der Waals surface area contributed by atoms with Crippen LogP contribution in [0.15, 0.2) is 35.8 Å². The molecule has 4 nitrogen and oxygen atoms in total. The molecule has 0 radical (unpaired) electrons. The number of rotatable bonds is 3. The van der Waals surface area contributed by atoms with Crippen molar-refractivity contribution in [2.45, 2.75) is 13.3 Å². The summed E-state index contributed by atoms with van der Waals surface area (Å²) in [6, 6.07) is 8.00. The standard InChI is InChI=1S/C14H13N3OS/c1-9-8-19-14(16-9)17-13(18)7-10-2-3-11-4-5-15-12(11)6-10/h2-6,8,15H,7H2,1H3,(H,16,17,18). The number of hydrogen-bond acceptors (Lipinski definition) is 3. The van der Waals surface area contributed by atoms with Gasteiger partial charge in [-0.05, 0) is 30.0 Å². The predicted octanol–water partition coefficient (Wildman–Crippen LogP) is 3.11. The van der Waals surface area contributed by atoms with E-state index in [1.165, 1.54) is 11.3 Å². The molecule has 19 heavy (non-hydrogen) atoms. The maximum absolute atomic E-state index is 11.9. The molecule has 0 aliphatic heterocycles. The third-order valence-corrected chi connectivity index (χ3v) is 3.73. The van der Waals surface area contributed by atoms with Gasteiger partial charge in [-0.1, -0.05) is 12.1 Å². The van der Waals surface area contributed by atoms with Crippen LogP contribution < -0.4 is 5.32 Å². The minimum atomic E-state index is -0.0414. The number of nitrogens with one attached hydrogen (secondary N) is 2. The van der Waals surface area contributed by atoms with E-state index in [0.29, 0.717) is 11.6 Å². The van der Waals surface area contributed by atoms with Gasteiger partial charge in [0.1, 0.15) is 0 Å². The van der Waals surface area contributed by atoms with E-state index in [4.69, 9.17) is 0 Å². The summed E-state index contributed by atoms with van der Waals surface area (Å²) >= 11 is 1.44. The van der Waals surface area contributed by atoms with Gasteiger partial charge in [-0.3, -0.25) is 4.79 Å². The van der Waals surface area contributed by atoms with Crippen LogP contribution in [0.5, 0.6) is 0 Å². The number of aromatic amines is 1. The van der Waals surface area contributed by atoms with Crippen molar-refractivity contribution in [1.82, 2.24) is 9.97 Å². The average molecular weight is 271 g/mol. The lowest BCUT2D eigenvalue weighted by Gasteiger charge is -2.02. The molecule has 5 heteroatoms. The Kier molecular flexibility index (Phi) is 3.05. The molecule has 0 bridgehead atoms. The van der Waals surface area contributed by atoms with Crippen LogP contribution in [0, 0.1) is 6.92 Å². The van der Waals surface area contributed by atoms with Gasteiger partial charge >= 0.3 is 0 Å². The zero-order chi connectivity index (χ0) is 13.2. The molecule has 0 aliphatic rings. The molecule has 3 rings (SSSR count). The molecule has 0 fully saturated rings. The summed E-state index contributed by atoms with van der Waals surface area (Å²) in [6.45, 7) is 1.91. The van der Waals surface area contributed by atoms with E-state index in [2.05, 4.69) is 15.3 Å². The molecule has 3 aromatic rings. The van der Waals surface area contributed by atoms with Gasteiger partial charge in [0.05, 0.1) is 12.1 Å². The van der Waals surface area contributed by atoms with E-state index < -0.39 is 0 Å². The highest BCUT2D eigenvalue weighted by atomic mass is 32.1. The van der Waals surface area contributed by atoms with Gasteiger partial charge < -0.3 is 10.3 Å². The van der Waals surface area contributed by atoms with Crippen LogP contribution in [-0.4, -0.2) is 15.9 Å². The van der Waals surface area contributed by atoms with E-state index in [9.17, 15) is 4.79 Å². The number of H-pyrrole nitrogens is 1. The largest absolute Gasteiger partial charge is 0.361 e. The fraction of sp³-hybridized carbons (Fsp3) is 0.143. The Balaban J connectivity index is 1.71. The molecule has 1 amide bonds. The van der Waals surface area contributed by atoms with Gasteiger partial charge in [0, 0.05) is 17.1 Å². The molecule has 0 saturated heterocycles. The molecule has 0 spiro atoms.